The average molecular weight is 330 g/mol. The summed E-state index contributed by atoms with van der Waals surface area (Å²) in [4.78, 5) is 5.34. The lowest BCUT2D eigenvalue weighted by atomic mass is 10.1. The van der Waals surface area contributed by atoms with Gasteiger partial charge in [-0.05, 0) is 37.1 Å². The van der Waals surface area contributed by atoms with E-state index in [1.807, 2.05) is 17.5 Å². The fraction of sp³-hybridized carbons (Fsp3) is 0.278. The molecule has 0 aliphatic carbocycles. The monoisotopic (exact) mass is 330 g/mol. The first-order valence-electron chi connectivity index (χ1n) is 7.77. The number of rotatable bonds is 5. The van der Waals surface area contributed by atoms with Crippen LogP contribution in [-0.4, -0.2) is 4.57 Å². The lowest BCUT2D eigenvalue weighted by Crippen LogP contribution is -2.21. The Bertz CT molecular complexity index is 829. The van der Waals surface area contributed by atoms with E-state index in [0.29, 0.717) is 11.7 Å². The summed E-state index contributed by atoms with van der Waals surface area (Å²) in [5.74, 6) is 0.500. The van der Waals surface area contributed by atoms with Crippen LogP contribution in [0.4, 0.5) is 10.1 Å². The molecule has 0 N–H and O–H groups in total. The molecular formula is C18H19FN2OS. The summed E-state index contributed by atoms with van der Waals surface area (Å²) in [7, 11) is 0. The number of hydrogen-bond acceptors (Lipinski definition) is 3. The molecule has 0 aliphatic heterocycles. The second kappa shape index (κ2) is 6.96. The van der Waals surface area contributed by atoms with Gasteiger partial charge in [0.15, 0.2) is 10.6 Å². The molecule has 2 aromatic heterocycles. The normalized spacial score (nSPS) is 12.3. The number of thiazole rings is 1. The van der Waals surface area contributed by atoms with Crippen LogP contribution in [0.3, 0.4) is 0 Å². The van der Waals surface area contributed by atoms with Gasteiger partial charge in [-0.25, -0.2) is 9.38 Å². The van der Waals surface area contributed by atoms with E-state index in [9.17, 15) is 4.39 Å². The van der Waals surface area contributed by atoms with E-state index in [1.165, 1.54) is 17.4 Å². The van der Waals surface area contributed by atoms with Crippen molar-refractivity contribution in [2.45, 2.75) is 32.7 Å². The van der Waals surface area contributed by atoms with Gasteiger partial charge in [-0.3, -0.25) is 0 Å². The molecule has 5 heteroatoms. The SMILES string of the molecule is CCC(CC)n1c(-c2ccco2)csc1=Nc1ccccc1F. The van der Waals surface area contributed by atoms with E-state index >= 15 is 0 Å². The molecule has 0 saturated carbocycles. The van der Waals surface area contributed by atoms with Gasteiger partial charge in [0.1, 0.15) is 11.5 Å². The summed E-state index contributed by atoms with van der Waals surface area (Å²) in [5.41, 5.74) is 1.35. The van der Waals surface area contributed by atoms with Gasteiger partial charge in [0.25, 0.3) is 0 Å². The van der Waals surface area contributed by atoms with Gasteiger partial charge in [-0.15, -0.1) is 11.3 Å². The average Bonchev–Trinajstić information content (AvgIpc) is 3.21. The van der Waals surface area contributed by atoms with Gasteiger partial charge < -0.3 is 8.98 Å². The Labute approximate surface area is 138 Å². The quantitative estimate of drug-likeness (QED) is 0.604. The molecule has 23 heavy (non-hydrogen) atoms. The predicted molar refractivity (Wildman–Crippen MR) is 91.3 cm³/mol. The van der Waals surface area contributed by atoms with Crippen LogP contribution in [0.25, 0.3) is 11.5 Å². The first kappa shape index (κ1) is 15.7. The van der Waals surface area contributed by atoms with Crippen LogP contribution >= 0.6 is 11.3 Å². The minimum atomic E-state index is -0.309. The van der Waals surface area contributed by atoms with Crippen LogP contribution in [0.2, 0.25) is 0 Å². The molecule has 0 aliphatic rings. The summed E-state index contributed by atoms with van der Waals surface area (Å²) in [5, 5.41) is 2.02. The standard InChI is InChI=1S/C18H19FN2OS/c1-3-13(4-2)21-16(17-10-7-11-22-17)12-23-18(21)20-15-9-6-5-8-14(15)19/h5-13H,3-4H2,1-2H3. The fourth-order valence-corrected chi connectivity index (χ4v) is 3.62. The summed E-state index contributed by atoms with van der Waals surface area (Å²) in [6, 6.07) is 10.7. The number of halogens is 1. The molecule has 0 saturated heterocycles. The maximum Gasteiger partial charge on any atom is 0.190 e. The third-order valence-electron chi connectivity index (χ3n) is 3.89. The van der Waals surface area contributed by atoms with Gasteiger partial charge in [0.05, 0.1) is 12.0 Å². The number of furan rings is 1. The Hall–Kier alpha value is -2.14. The van der Waals surface area contributed by atoms with Crippen molar-refractivity contribution in [2.24, 2.45) is 4.99 Å². The number of benzene rings is 1. The maximum atomic E-state index is 13.9. The predicted octanol–water partition coefficient (Wildman–Crippen LogP) is 5.54. The van der Waals surface area contributed by atoms with Gasteiger partial charge >= 0.3 is 0 Å². The number of nitrogens with zero attached hydrogens (tertiary/aromatic N) is 2. The zero-order chi connectivity index (χ0) is 16.2. The van der Waals surface area contributed by atoms with E-state index in [4.69, 9.17) is 4.42 Å². The minimum Gasteiger partial charge on any atom is -0.463 e. The minimum absolute atomic E-state index is 0.298. The van der Waals surface area contributed by atoms with Crippen LogP contribution < -0.4 is 4.80 Å². The smallest absolute Gasteiger partial charge is 0.190 e. The summed E-state index contributed by atoms with van der Waals surface area (Å²) >= 11 is 1.51. The second-order valence-electron chi connectivity index (χ2n) is 5.28. The molecule has 2 heterocycles. The molecule has 0 amide bonds. The Kier molecular flexibility index (Phi) is 4.76. The van der Waals surface area contributed by atoms with E-state index in [2.05, 4.69) is 23.4 Å². The van der Waals surface area contributed by atoms with Crippen molar-refractivity contribution >= 4 is 17.0 Å². The van der Waals surface area contributed by atoms with Crippen molar-refractivity contribution in [3.8, 4) is 11.5 Å². The van der Waals surface area contributed by atoms with Gasteiger partial charge in [-0.2, -0.15) is 0 Å². The Morgan fingerprint density at radius 2 is 1.96 bits per heavy atom. The summed E-state index contributed by atoms with van der Waals surface area (Å²) < 4.78 is 21.7. The number of hydrogen-bond donors (Lipinski definition) is 0. The van der Waals surface area contributed by atoms with Crippen molar-refractivity contribution in [3.05, 3.63) is 58.7 Å². The van der Waals surface area contributed by atoms with Crippen molar-refractivity contribution in [2.75, 3.05) is 0 Å². The number of aromatic nitrogens is 1. The molecule has 1 aromatic carbocycles. The molecule has 0 unspecified atom stereocenters. The third-order valence-corrected chi connectivity index (χ3v) is 4.73. The molecule has 0 fully saturated rings. The molecule has 0 bridgehead atoms. The molecule has 120 valence electrons. The Balaban J connectivity index is 2.20. The molecule has 0 spiro atoms. The molecule has 3 nitrogen and oxygen atoms in total. The van der Waals surface area contributed by atoms with Crippen LogP contribution in [0.5, 0.6) is 0 Å². The van der Waals surface area contributed by atoms with Crippen molar-refractivity contribution in [1.82, 2.24) is 4.57 Å². The van der Waals surface area contributed by atoms with Gasteiger partial charge in [-0.1, -0.05) is 26.0 Å². The lowest BCUT2D eigenvalue weighted by molar-refractivity contribution is 0.459. The highest BCUT2D eigenvalue weighted by atomic mass is 32.1. The van der Waals surface area contributed by atoms with E-state index < -0.39 is 0 Å². The highest BCUT2D eigenvalue weighted by Gasteiger charge is 2.16. The highest BCUT2D eigenvalue weighted by molar-refractivity contribution is 7.07. The van der Waals surface area contributed by atoms with Gasteiger partial charge in [0, 0.05) is 11.4 Å². The fourth-order valence-electron chi connectivity index (χ4n) is 2.66. The molecule has 3 aromatic rings. The molecule has 3 rings (SSSR count). The zero-order valence-electron chi connectivity index (χ0n) is 13.2. The Morgan fingerprint density at radius 3 is 2.61 bits per heavy atom. The summed E-state index contributed by atoms with van der Waals surface area (Å²) in [6.07, 6.45) is 3.62. The maximum absolute atomic E-state index is 13.9. The van der Waals surface area contributed by atoms with Crippen molar-refractivity contribution in [1.29, 1.82) is 0 Å². The largest absolute Gasteiger partial charge is 0.463 e. The lowest BCUT2D eigenvalue weighted by Gasteiger charge is -2.17. The third kappa shape index (κ3) is 3.15. The first-order chi connectivity index (χ1) is 11.2. The topological polar surface area (TPSA) is 30.4 Å². The first-order valence-corrected chi connectivity index (χ1v) is 8.65. The second-order valence-corrected chi connectivity index (χ2v) is 6.12. The molecule has 0 atom stereocenters. The highest BCUT2D eigenvalue weighted by Crippen LogP contribution is 2.27. The van der Waals surface area contributed by atoms with E-state index in [-0.39, 0.29) is 5.82 Å². The van der Waals surface area contributed by atoms with Crippen molar-refractivity contribution in [3.63, 3.8) is 0 Å². The van der Waals surface area contributed by atoms with Crippen LogP contribution in [-0.2, 0) is 0 Å². The Morgan fingerprint density at radius 1 is 1.17 bits per heavy atom. The van der Waals surface area contributed by atoms with Crippen LogP contribution in [0.1, 0.15) is 32.7 Å². The van der Waals surface area contributed by atoms with Crippen LogP contribution in [0.15, 0.2) is 57.5 Å². The molecular weight excluding hydrogens is 311 g/mol. The van der Waals surface area contributed by atoms with E-state index in [1.54, 1.807) is 24.5 Å². The summed E-state index contributed by atoms with van der Waals surface area (Å²) in [6.45, 7) is 4.30. The zero-order valence-corrected chi connectivity index (χ0v) is 14.0. The van der Waals surface area contributed by atoms with Crippen molar-refractivity contribution < 1.29 is 8.81 Å². The molecule has 0 radical (unpaired) electrons. The van der Waals surface area contributed by atoms with Gasteiger partial charge in [0.2, 0.25) is 0 Å². The van der Waals surface area contributed by atoms with Crippen LogP contribution in [0, 0.1) is 5.82 Å². The van der Waals surface area contributed by atoms with E-state index in [0.717, 1.165) is 29.1 Å². The number of para-hydroxylation sites is 1.